The Hall–Kier alpha value is -3.55. The zero-order valence-corrected chi connectivity index (χ0v) is 30.8. The van der Waals surface area contributed by atoms with Crippen LogP contribution in [0.5, 0.6) is 0 Å². The van der Waals surface area contributed by atoms with Crippen molar-refractivity contribution in [3.05, 3.63) is 24.3 Å². The predicted octanol–water partition coefficient (Wildman–Crippen LogP) is 5.74. The highest BCUT2D eigenvalue weighted by atomic mass is 32.1. The Balaban J connectivity index is 0. The number of aromatic nitrogens is 2. The molecule has 13 nitrogen and oxygen atoms in total. The van der Waals surface area contributed by atoms with Crippen LogP contribution in [0, 0.1) is 23.2 Å². The van der Waals surface area contributed by atoms with Crippen LogP contribution in [0.1, 0.15) is 152 Å². The number of hydrogen-bond donors (Lipinski definition) is 4. The van der Waals surface area contributed by atoms with Crippen LogP contribution in [0.25, 0.3) is 0 Å². The summed E-state index contributed by atoms with van der Waals surface area (Å²) in [5.41, 5.74) is -0.638. The van der Waals surface area contributed by atoms with Crippen molar-refractivity contribution in [1.29, 1.82) is 0 Å². The Morgan fingerprint density at radius 3 is 2.05 bits per heavy atom. The molecule has 1 aromatic heterocycles. The van der Waals surface area contributed by atoms with Gasteiger partial charge in [-0.15, -0.1) is 0 Å². The molecule has 55 heavy (non-hydrogen) atoms. The number of Topliss-reactive ketones (excluding diaryl/α,β-unsaturated/α-hetero) is 1. The van der Waals surface area contributed by atoms with Crippen molar-refractivity contribution in [1.82, 2.24) is 36.1 Å². The number of fused-ring (bicyclic) bond motifs is 1. The molecule has 14 heteroatoms. The minimum Gasteiger partial charge on any atom is -0.347 e. The third kappa shape index (κ3) is 13.3. The highest BCUT2D eigenvalue weighted by molar-refractivity contribution is 7.59. The van der Waals surface area contributed by atoms with Gasteiger partial charge in [0.05, 0.1) is 12.2 Å². The predicted molar refractivity (Wildman–Crippen MR) is 225 cm³/mol. The van der Waals surface area contributed by atoms with Crippen molar-refractivity contribution >= 4 is 48.8 Å². The van der Waals surface area contributed by atoms with Crippen molar-refractivity contribution < 1.29 is 28.8 Å². The lowest BCUT2D eigenvalue weighted by molar-refractivity contribution is -0.146. The zero-order chi connectivity index (χ0) is 35.3. The lowest BCUT2D eigenvalue weighted by atomic mass is 9.82. The molecule has 2 heterocycles. The summed E-state index contributed by atoms with van der Waals surface area (Å²) in [6, 6.07) is -3.68. The number of hydrogen-bond acceptors (Lipinski definition) is 8. The quantitative estimate of drug-likeness (QED) is 0.183. The number of rotatable bonds is 13. The van der Waals surface area contributed by atoms with Crippen molar-refractivity contribution in [2.45, 2.75) is 172 Å². The first-order valence-electron chi connectivity index (χ1n) is 18.2. The fraction of sp³-hybridized carbons (Fsp3) is 0.756. The molecule has 4 aliphatic rings. The zero-order valence-electron chi connectivity index (χ0n) is 29.8. The van der Waals surface area contributed by atoms with Crippen LogP contribution >= 0.6 is 13.5 Å². The maximum absolute atomic E-state index is 14.6. The molecule has 1 aliphatic heterocycles. The normalized spacial score (nSPS) is 21.6. The van der Waals surface area contributed by atoms with Crippen LogP contribution in [0.15, 0.2) is 18.6 Å². The minimum absolute atomic E-state index is 0. The fourth-order valence-corrected chi connectivity index (χ4v) is 7.87. The van der Waals surface area contributed by atoms with Gasteiger partial charge in [0.25, 0.3) is 11.8 Å². The van der Waals surface area contributed by atoms with Crippen LogP contribution in [-0.2, 0) is 24.0 Å². The van der Waals surface area contributed by atoms with Crippen LogP contribution in [0.3, 0.4) is 0 Å². The van der Waals surface area contributed by atoms with Crippen LogP contribution in [0.4, 0.5) is 0 Å². The van der Waals surface area contributed by atoms with Gasteiger partial charge in [0, 0.05) is 25.0 Å². The average Bonchev–Trinajstić information content (AvgIpc) is 3.65. The highest BCUT2D eigenvalue weighted by Gasteiger charge is 2.52. The summed E-state index contributed by atoms with van der Waals surface area (Å²) in [7, 11) is 0. The molecule has 3 saturated carbocycles. The van der Waals surface area contributed by atoms with Gasteiger partial charge < -0.3 is 26.2 Å². The topological polar surface area (TPSA) is 180 Å². The first-order valence-corrected chi connectivity index (χ1v) is 18.2. The lowest BCUT2D eigenvalue weighted by Crippen LogP contribution is -2.62. The molecule has 4 N–H and O–H groups in total. The molecule has 0 bridgehead atoms. The maximum atomic E-state index is 14.6. The van der Waals surface area contributed by atoms with E-state index in [9.17, 15) is 28.8 Å². The van der Waals surface area contributed by atoms with E-state index in [1.807, 2.05) is 27.7 Å². The molecule has 0 unspecified atom stereocenters. The molecule has 316 valence electrons. The summed E-state index contributed by atoms with van der Waals surface area (Å²) in [5.74, 6) is -3.20. The fourth-order valence-electron chi connectivity index (χ4n) is 7.87. The lowest BCUT2D eigenvalue weighted by Gasteiger charge is -2.38. The van der Waals surface area contributed by atoms with E-state index in [2.05, 4.69) is 31.2 Å². The third-order valence-electron chi connectivity index (χ3n) is 10.7. The molecule has 0 spiro atoms. The number of carbonyl (C=O) groups is 6. The Labute approximate surface area is 339 Å². The number of likely N-dealkylation sites (tertiary alicyclic amines) is 1. The first-order chi connectivity index (χ1) is 23.4. The molecule has 4 fully saturated rings. The van der Waals surface area contributed by atoms with E-state index in [1.165, 1.54) is 18.6 Å². The summed E-state index contributed by atoms with van der Waals surface area (Å²) in [5, 5.41) is 11.5. The van der Waals surface area contributed by atoms with E-state index < -0.39 is 59.0 Å². The van der Waals surface area contributed by atoms with E-state index >= 15 is 0 Å². The summed E-state index contributed by atoms with van der Waals surface area (Å²) >= 11 is 0. The highest BCUT2D eigenvalue weighted by Crippen LogP contribution is 2.43. The van der Waals surface area contributed by atoms with Gasteiger partial charge in [0.15, 0.2) is 0 Å². The van der Waals surface area contributed by atoms with Crippen molar-refractivity contribution in [3.63, 3.8) is 0 Å². The standard InChI is InChI=1S/C36H53N7O6.5CH4.H2S/c1-5-10-25(29(44)34(48)39-23-15-16-23)40-33(47)28-24-14-9-13-22(24)20-43(28)35(49)30(36(2,3)4)42-32(46)27(21-11-7-6-8-12-21)41-31(45)26-19-37-17-18-38-26;;;;;;/h17-19,21-25,27-28,30H,5-16,20H2,1-4H3,(H,39,48)(H,40,47)(H,41,45)(H,42,46);5*1H4;1H2/t22-,24+,25+,27+,28-,30-;;;;;;/m0....../s1. The number of nitrogens with zero attached hydrogens (tertiary/aromatic N) is 3. The Bertz CT molecular complexity index is 1400. The summed E-state index contributed by atoms with van der Waals surface area (Å²) in [4.78, 5) is 91.4. The Morgan fingerprint density at radius 2 is 1.49 bits per heavy atom. The summed E-state index contributed by atoms with van der Waals surface area (Å²) in [6.45, 7) is 7.85. The van der Waals surface area contributed by atoms with Gasteiger partial charge in [-0.25, -0.2) is 4.98 Å². The van der Waals surface area contributed by atoms with Crippen LogP contribution in [0.2, 0.25) is 0 Å². The first kappa shape index (κ1) is 53.6. The minimum atomic E-state index is -0.994. The van der Waals surface area contributed by atoms with Crippen LogP contribution < -0.4 is 21.3 Å². The molecular weight excluding hydrogens is 719 g/mol. The van der Waals surface area contributed by atoms with Gasteiger partial charge in [-0.2, -0.15) is 13.5 Å². The number of nitrogens with one attached hydrogen (secondary N) is 4. The molecule has 5 rings (SSSR count). The molecular formula is C41H75N7O6S. The third-order valence-corrected chi connectivity index (χ3v) is 10.7. The number of amides is 5. The van der Waals surface area contributed by atoms with Gasteiger partial charge in [0.1, 0.15) is 23.8 Å². The molecule has 1 aromatic rings. The summed E-state index contributed by atoms with van der Waals surface area (Å²) in [6.07, 6.45) is 13.9. The van der Waals surface area contributed by atoms with Gasteiger partial charge in [-0.3, -0.25) is 33.8 Å². The van der Waals surface area contributed by atoms with E-state index in [1.54, 1.807) is 4.90 Å². The monoisotopic (exact) mass is 794 g/mol. The second-order valence-electron chi connectivity index (χ2n) is 15.5. The van der Waals surface area contributed by atoms with E-state index in [0.29, 0.717) is 19.4 Å². The SMILES string of the molecule is C.C.C.C.C.CCC[C@@H](NC(=O)[C@@H]1[C@@H]2CCC[C@H]2CN1C(=O)[C@H](NC(=O)[C@H](NC(=O)c1cnccn1)C1CCCCC1)C(C)(C)C)C(=O)C(=O)NC1CC1.S. The Kier molecular flexibility index (Phi) is 22.9. The summed E-state index contributed by atoms with van der Waals surface area (Å²) < 4.78 is 0. The Morgan fingerprint density at radius 1 is 0.836 bits per heavy atom. The molecule has 6 atom stereocenters. The molecule has 0 radical (unpaired) electrons. The molecule has 0 aromatic carbocycles. The average molecular weight is 794 g/mol. The number of carbonyl (C=O) groups excluding carboxylic acids is 6. The second kappa shape index (κ2) is 23.5. The van der Waals surface area contributed by atoms with Gasteiger partial charge >= 0.3 is 0 Å². The van der Waals surface area contributed by atoms with Gasteiger partial charge in [-0.1, -0.05) is 96.9 Å². The maximum Gasteiger partial charge on any atom is 0.289 e. The van der Waals surface area contributed by atoms with Gasteiger partial charge in [-0.05, 0) is 68.1 Å². The van der Waals surface area contributed by atoms with Crippen molar-refractivity contribution in [2.24, 2.45) is 23.2 Å². The van der Waals surface area contributed by atoms with Crippen molar-refractivity contribution in [2.75, 3.05) is 6.54 Å². The smallest absolute Gasteiger partial charge is 0.289 e. The van der Waals surface area contributed by atoms with E-state index in [0.717, 1.165) is 64.2 Å². The molecule has 1 saturated heterocycles. The van der Waals surface area contributed by atoms with E-state index in [-0.39, 0.29) is 86.0 Å². The van der Waals surface area contributed by atoms with Gasteiger partial charge in [0.2, 0.25) is 23.5 Å². The largest absolute Gasteiger partial charge is 0.347 e. The van der Waals surface area contributed by atoms with E-state index in [4.69, 9.17) is 0 Å². The molecule has 5 amide bonds. The molecule has 3 aliphatic carbocycles. The van der Waals surface area contributed by atoms with Crippen molar-refractivity contribution in [3.8, 4) is 0 Å². The van der Waals surface area contributed by atoms with Crippen LogP contribution in [-0.4, -0.2) is 86.9 Å². The number of ketones is 1. The second-order valence-corrected chi connectivity index (χ2v) is 15.5.